The van der Waals surface area contributed by atoms with E-state index in [4.69, 9.17) is 4.74 Å². The van der Waals surface area contributed by atoms with E-state index in [0.717, 1.165) is 24.2 Å². The summed E-state index contributed by atoms with van der Waals surface area (Å²) in [4.78, 5) is 20.1. The van der Waals surface area contributed by atoms with Gasteiger partial charge in [0.25, 0.3) is 5.91 Å². The van der Waals surface area contributed by atoms with Crippen molar-refractivity contribution in [2.24, 2.45) is 0 Å². The average Bonchev–Trinajstić information content (AvgIpc) is 2.71. The molecule has 0 bridgehead atoms. The summed E-state index contributed by atoms with van der Waals surface area (Å²) >= 11 is 0. The molecule has 2 aromatic rings. The Balaban J connectivity index is 1.82. The maximum absolute atomic E-state index is 12.2. The number of nitrogens with zero attached hydrogens (tertiary/aromatic N) is 2. The summed E-state index contributed by atoms with van der Waals surface area (Å²) in [5, 5.41) is 3.01. The Bertz CT molecular complexity index is 601. The van der Waals surface area contributed by atoms with Crippen molar-refractivity contribution in [2.45, 2.75) is 18.9 Å². The van der Waals surface area contributed by atoms with Crippen LogP contribution in [0.15, 0.2) is 42.9 Å². The molecule has 0 fully saturated rings. The molecule has 0 saturated carbocycles. The molecule has 2 heterocycles. The number of aromatic nitrogens is 2. The number of rotatable bonds is 2. The third-order valence-corrected chi connectivity index (χ3v) is 3.29. The summed E-state index contributed by atoms with van der Waals surface area (Å²) in [5.41, 5.74) is 1.34. The van der Waals surface area contributed by atoms with Gasteiger partial charge in [0, 0.05) is 18.0 Å². The number of fused-ring (bicyclic) bond motifs is 1. The van der Waals surface area contributed by atoms with Crippen LogP contribution < -0.4 is 10.1 Å². The van der Waals surface area contributed by atoms with E-state index in [0.29, 0.717) is 12.3 Å². The van der Waals surface area contributed by atoms with Crippen LogP contribution in [0.4, 0.5) is 0 Å². The van der Waals surface area contributed by atoms with Crippen LogP contribution >= 0.6 is 0 Å². The van der Waals surface area contributed by atoms with Crippen molar-refractivity contribution in [3.63, 3.8) is 0 Å². The van der Waals surface area contributed by atoms with E-state index in [1.54, 1.807) is 6.20 Å². The predicted octanol–water partition coefficient (Wildman–Crippen LogP) is 2.12. The zero-order chi connectivity index (χ0) is 13.8. The number of benzene rings is 1. The summed E-state index contributed by atoms with van der Waals surface area (Å²) in [5.74, 6) is 0.634. The van der Waals surface area contributed by atoms with E-state index in [2.05, 4.69) is 15.3 Å². The average molecular weight is 269 g/mol. The minimum atomic E-state index is -0.209. The number of carbonyl (C=O) groups excluding carboxylic acids is 1. The molecule has 5 heteroatoms. The maximum Gasteiger partial charge on any atom is 0.271 e. The SMILES string of the molecule is O=C(NC1CCCOc2ccccc21)c1cnccn1. The Morgan fingerprint density at radius 2 is 2.20 bits per heavy atom. The van der Waals surface area contributed by atoms with Crippen LogP contribution in [0, 0.1) is 0 Å². The number of ether oxygens (including phenoxy) is 1. The zero-order valence-corrected chi connectivity index (χ0v) is 11.0. The number of nitrogens with one attached hydrogen (secondary N) is 1. The molecule has 1 aliphatic heterocycles. The van der Waals surface area contributed by atoms with E-state index in [-0.39, 0.29) is 11.9 Å². The minimum absolute atomic E-state index is 0.0526. The Labute approximate surface area is 117 Å². The molecule has 0 aliphatic carbocycles. The normalized spacial score (nSPS) is 17.5. The van der Waals surface area contributed by atoms with Gasteiger partial charge in [-0.2, -0.15) is 0 Å². The minimum Gasteiger partial charge on any atom is -0.493 e. The fraction of sp³-hybridized carbons (Fsp3) is 0.267. The van der Waals surface area contributed by atoms with E-state index >= 15 is 0 Å². The second-order valence-electron chi connectivity index (χ2n) is 4.65. The van der Waals surface area contributed by atoms with Crippen LogP contribution in [-0.4, -0.2) is 22.5 Å². The molecular formula is C15H15N3O2. The van der Waals surface area contributed by atoms with Crippen LogP contribution in [-0.2, 0) is 0 Å². The third-order valence-electron chi connectivity index (χ3n) is 3.29. The Hall–Kier alpha value is -2.43. The van der Waals surface area contributed by atoms with Crippen molar-refractivity contribution in [3.05, 3.63) is 54.1 Å². The quantitative estimate of drug-likeness (QED) is 0.907. The molecule has 1 aromatic heterocycles. The molecule has 0 spiro atoms. The second kappa shape index (κ2) is 5.69. The molecule has 102 valence electrons. The number of hydrogen-bond acceptors (Lipinski definition) is 4. The first-order valence-corrected chi connectivity index (χ1v) is 6.63. The maximum atomic E-state index is 12.2. The van der Waals surface area contributed by atoms with Gasteiger partial charge in [0.1, 0.15) is 11.4 Å². The highest BCUT2D eigenvalue weighted by Crippen LogP contribution is 2.31. The van der Waals surface area contributed by atoms with Crippen molar-refractivity contribution in [2.75, 3.05) is 6.61 Å². The van der Waals surface area contributed by atoms with E-state index in [9.17, 15) is 4.79 Å². The lowest BCUT2D eigenvalue weighted by Crippen LogP contribution is -2.29. The lowest BCUT2D eigenvalue weighted by molar-refractivity contribution is 0.0929. The Morgan fingerprint density at radius 3 is 3.05 bits per heavy atom. The third kappa shape index (κ3) is 2.61. The number of para-hydroxylation sites is 1. The van der Waals surface area contributed by atoms with Gasteiger partial charge in [0.05, 0.1) is 18.8 Å². The van der Waals surface area contributed by atoms with Crippen LogP contribution in [0.5, 0.6) is 5.75 Å². The number of carbonyl (C=O) groups is 1. The van der Waals surface area contributed by atoms with E-state index in [1.165, 1.54) is 12.4 Å². The molecule has 1 amide bonds. The Morgan fingerprint density at radius 1 is 1.30 bits per heavy atom. The van der Waals surface area contributed by atoms with Crippen LogP contribution in [0.25, 0.3) is 0 Å². The van der Waals surface area contributed by atoms with Gasteiger partial charge in [-0.25, -0.2) is 4.98 Å². The second-order valence-corrected chi connectivity index (χ2v) is 4.65. The standard InChI is InChI=1S/C15H15N3O2/c19-15(13-10-16-7-8-17-13)18-12-5-3-9-20-14-6-2-1-4-11(12)14/h1-2,4,6-8,10,12H,3,5,9H2,(H,18,19). The zero-order valence-electron chi connectivity index (χ0n) is 11.0. The van der Waals surface area contributed by atoms with Crippen molar-refractivity contribution in [1.82, 2.24) is 15.3 Å². The molecule has 1 unspecified atom stereocenters. The largest absolute Gasteiger partial charge is 0.493 e. The molecule has 0 radical (unpaired) electrons. The van der Waals surface area contributed by atoms with Crippen molar-refractivity contribution < 1.29 is 9.53 Å². The molecule has 1 atom stereocenters. The fourth-order valence-corrected chi connectivity index (χ4v) is 2.32. The number of hydrogen-bond donors (Lipinski definition) is 1. The molecule has 5 nitrogen and oxygen atoms in total. The van der Waals surface area contributed by atoms with E-state index in [1.807, 2.05) is 24.3 Å². The number of amides is 1. The van der Waals surface area contributed by atoms with Gasteiger partial charge in [-0.1, -0.05) is 18.2 Å². The molecule has 1 N–H and O–H groups in total. The summed E-state index contributed by atoms with van der Waals surface area (Å²) in [6.07, 6.45) is 6.28. The van der Waals surface area contributed by atoms with Crippen LogP contribution in [0.1, 0.15) is 34.9 Å². The van der Waals surface area contributed by atoms with Crippen molar-refractivity contribution in [3.8, 4) is 5.75 Å². The van der Waals surface area contributed by atoms with Gasteiger partial charge in [0.2, 0.25) is 0 Å². The molecule has 3 rings (SSSR count). The van der Waals surface area contributed by atoms with Crippen LogP contribution in [0.2, 0.25) is 0 Å². The summed E-state index contributed by atoms with van der Waals surface area (Å²) < 4.78 is 5.69. The first kappa shape index (κ1) is 12.6. The summed E-state index contributed by atoms with van der Waals surface area (Å²) in [7, 11) is 0. The van der Waals surface area contributed by atoms with Gasteiger partial charge in [-0.3, -0.25) is 9.78 Å². The van der Waals surface area contributed by atoms with Gasteiger partial charge in [-0.15, -0.1) is 0 Å². The van der Waals surface area contributed by atoms with Gasteiger partial charge >= 0.3 is 0 Å². The highest BCUT2D eigenvalue weighted by Gasteiger charge is 2.22. The highest BCUT2D eigenvalue weighted by molar-refractivity contribution is 5.92. The summed E-state index contributed by atoms with van der Waals surface area (Å²) in [6.45, 7) is 0.675. The monoisotopic (exact) mass is 269 g/mol. The first-order chi connectivity index (χ1) is 9.84. The lowest BCUT2D eigenvalue weighted by Gasteiger charge is -2.17. The van der Waals surface area contributed by atoms with Gasteiger partial charge in [0.15, 0.2) is 0 Å². The molecular weight excluding hydrogens is 254 g/mol. The van der Waals surface area contributed by atoms with Crippen LogP contribution in [0.3, 0.4) is 0 Å². The summed E-state index contributed by atoms with van der Waals surface area (Å²) in [6, 6.07) is 7.76. The predicted molar refractivity (Wildman–Crippen MR) is 73.4 cm³/mol. The molecule has 0 saturated heterocycles. The first-order valence-electron chi connectivity index (χ1n) is 6.63. The topological polar surface area (TPSA) is 64.1 Å². The molecule has 1 aliphatic rings. The van der Waals surface area contributed by atoms with Gasteiger partial charge < -0.3 is 10.1 Å². The smallest absolute Gasteiger partial charge is 0.271 e. The lowest BCUT2D eigenvalue weighted by atomic mass is 10.0. The van der Waals surface area contributed by atoms with Gasteiger partial charge in [-0.05, 0) is 18.9 Å². The fourth-order valence-electron chi connectivity index (χ4n) is 2.32. The highest BCUT2D eigenvalue weighted by atomic mass is 16.5. The van der Waals surface area contributed by atoms with Crippen molar-refractivity contribution >= 4 is 5.91 Å². The Kier molecular flexibility index (Phi) is 3.58. The molecule has 20 heavy (non-hydrogen) atoms. The van der Waals surface area contributed by atoms with Crippen molar-refractivity contribution in [1.29, 1.82) is 0 Å². The van der Waals surface area contributed by atoms with E-state index < -0.39 is 0 Å². The molecule has 1 aromatic carbocycles.